The molecule has 58 valence electrons. The first-order valence-electron chi connectivity index (χ1n) is 4.65. The molecule has 0 spiro atoms. The van der Waals surface area contributed by atoms with Gasteiger partial charge in [0, 0.05) is 0 Å². The van der Waals surface area contributed by atoms with Crippen LogP contribution in [0.5, 0.6) is 0 Å². The van der Waals surface area contributed by atoms with Crippen molar-refractivity contribution in [2.45, 2.75) is 40.0 Å². The highest BCUT2D eigenvalue weighted by atomic mass is 14.6. The summed E-state index contributed by atoms with van der Waals surface area (Å²) in [5.74, 6) is 3.33. The van der Waals surface area contributed by atoms with Gasteiger partial charge in [-0.15, -0.1) is 0 Å². The minimum atomic E-state index is 0.700. The highest BCUT2D eigenvalue weighted by Gasteiger charge is 2.57. The van der Waals surface area contributed by atoms with Crippen LogP contribution in [0.3, 0.4) is 0 Å². The summed E-state index contributed by atoms with van der Waals surface area (Å²) < 4.78 is 0. The van der Waals surface area contributed by atoms with Gasteiger partial charge in [0.15, 0.2) is 0 Å². The van der Waals surface area contributed by atoms with Gasteiger partial charge in [-0.25, -0.2) is 0 Å². The largest absolute Gasteiger partial charge is 0.0651 e. The van der Waals surface area contributed by atoms with Crippen molar-refractivity contribution >= 4 is 0 Å². The van der Waals surface area contributed by atoms with Crippen LogP contribution < -0.4 is 0 Å². The quantitative estimate of drug-likeness (QED) is 0.522. The van der Waals surface area contributed by atoms with E-state index in [9.17, 15) is 0 Å². The summed E-state index contributed by atoms with van der Waals surface area (Å²) in [4.78, 5) is 0. The molecule has 2 aliphatic carbocycles. The molecule has 2 fully saturated rings. The first-order valence-corrected chi connectivity index (χ1v) is 4.65. The summed E-state index contributed by atoms with van der Waals surface area (Å²) in [6.45, 7) is 7.25. The lowest BCUT2D eigenvalue weighted by molar-refractivity contribution is 0.293. The lowest BCUT2D eigenvalue weighted by Gasteiger charge is -2.21. The predicted octanol–water partition coefficient (Wildman–Crippen LogP) is 3.08. The first-order chi connectivity index (χ1) is 4.65. The van der Waals surface area contributed by atoms with E-state index in [-0.39, 0.29) is 0 Å². The van der Waals surface area contributed by atoms with Crippen LogP contribution in [0, 0.1) is 23.2 Å². The van der Waals surface area contributed by atoms with Gasteiger partial charge in [0.2, 0.25) is 0 Å². The molecule has 0 bridgehead atoms. The monoisotopic (exact) mass is 138 g/mol. The molecule has 10 heavy (non-hydrogen) atoms. The molecule has 3 atom stereocenters. The summed E-state index contributed by atoms with van der Waals surface area (Å²) in [6.07, 6.45) is 4.47. The highest BCUT2D eigenvalue weighted by molar-refractivity contribution is 5.06. The van der Waals surface area contributed by atoms with Gasteiger partial charge in [0.25, 0.3) is 0 Å². The Bertz CT molecular complexity index is 146. The fraction of sp³-hybridized carbons (Fsp3) is 1.00. The van der Waals surface area contributed by atoms with Crippen molar-refractivity contribution in [3.8, 4) is 0 Å². The van der Waals surface area contributed by atoms with Crippen molar-refractivity contribution < 1.29 is 0 Å². The standard InChI is InChI=1S/C10H18/c1-4-7-6-10(2,3)9-5-8(7)9/h7-9H,4-6H2,1-3H3. The van der Waals surface area contributed by atoms with Crippen LogP contribution in [0.15, 0.2) is 0 Å². The molecule has 2 rings (SSSR count). The molecule has 0 aromatic carbocycles. The predicted molar refractivity (Wildman–Crippen MR) is 43.8 cm³/mol. The van der Waals surface area contributed by atoms with Crippen molar-refractivity contribution in [2.24, 2.45) is 23.2 Å². The summed E-state index contributed by atoms with van der Waals surface area (Å²) >= 11 is 0. The Morgan fingerprint density at radius 3 is 2.30 bits per heavy atom. The zero-order valence-electron chi connectivity index (χ0n) is 7.35. The Kier molecular flexibility index (Phi) is 1.19. The Morgan fingerprint density at radius 2 is 2.10 bits per heavy atom. The smallest absolute Gasteiger partial charge is 0.0320 e. The molecule has 0 N–H and O–H groups in total. The molecule has 0 nitrogen and oxygen atoms in total. The van der Waals surface area contributed by atoms with Gasteiger partial charge in [-0.3, -0.25) is 0 Å². The normalized spacial score (nSPS) is 48.9. The third-order valence-electron chi connectivity index (χ3n) is 3.76. The van der Waals surface area contributed by atoms with Gasteiger partial charge in [0.1, 0.15) is 0 Å². The topological polar surface area (TPSA) is 0 Å². The minimum Gasteiger partial charge on any atom is -0.0651 e. The molecular formula is C10H18. The van der Waals surface area contributed by atoms with Gasteiger partial charge in [-0.2, -0.15) is 0 Å². The molecular weight excluding hydrogens is 120 g/mol. The molecule has 2 saturated carbocycles. The fourth-order valence-corrected chi connectivity index (χ4v) is 3.06. The summed E-state index contributed by atoms with van der Waals surface area (Å²) in [7, 11) is 0. The Morgan fingerprint density at radius 1 is 1.40 bits per heavy atom. The lowest BCUT2D eigenvalue weighted by Crippen LogP contribution is -2.11. The maximum atomic E-state index is 2.45. The molecule has 0 amide bonds. The van der Waals surface area contributed by atoms with E-state index in [1.807, 2.05) is 0 Å². The second kappa shape index (κ2) is 1.78. The van der Waals surface area contributed by atoms with Crippen LogP contribution in [0.4, 0.5) is 0 Å². The van der Waals surface area contributed by atoms with Crippen molar-refractivity contribution in [3.63, 3.8) is 0 Å². The second-order valence-electron chi connectivity index (χ2n) is 4.87. The van der Waals surface area contributed by atoms with E-state index >= 15 is 0 Å². The van der Waals surface area contributed by atoms with Crippen molar-refractivity contribution in [3.05, 3.63) is 0 Å². The fourth-order valence-electron chi connectivity index (χ4n) is 3.06. The van der Waals surface area contributed by atoms with Gasteiger partial charge < -0.3 is 0 Å². The van der Waals surface area contributed by atoms with E-state index in [0.717, 1.165) is 17.8 Å². The van der Waals surface area contributed by atoms with Gasteiger partial charge >= 0.3 is 0 Å². The third-order valence-corrected chi connectivity index (χ3v) is 3.76. The first kappa shape index (κ1) is 6.69. The lowest BCUT2D eigenvalue weighted by atomic mass is 9.84. The van der Waals surface area contributed by atoms with Crippen LogP contribution >= 0.6 is 0 Å². The molecule has 0 aromatic heterocycles. The van der Waals surface area contributed by atoms with E-state index in [2.05, 4.69) is 20.8 Å². The molecule has 2 aliphatic rings. The van der Waals surface area contributed by atoms with Crippen LogP contribution in [0.25, 0.3) is 0 Å². The van der Waals surface area contributed by atoms with Gasteiger partial charge in [0.05, 0.1) is 0 Å². The van der Waals surface area contributed by atoms with E-state index in [1.54, 1.807) is 6.42 Å². The Labute approximate surface area is 64.0 Å². The zero-order valence-corrected chi connectivity index (χ0v) is 7.35. The summed E-state index contributed by atoms with van der Waals surface area (Å²) in [5.41, 5.74) is 0.700. The molecule has 3 unspecified atom stereocenters. The molecule has 0 heterocycles. The van der Waals surface area contributed by atoms with Gasteiger partial charge in [-0.05, 0) is 36.0 Å². The SMILES string of the molecule is CCC1CC(C)(C)C2CC12. The van der Waals surface area contributed by atoms with Crippen molar-refractivity contribution in [1.82, 2.24) is 0 Å². The number of hydrogen-bond donors (Lipinski definition) is 0. The second-order valence-corrected chi connectivity index (χ2v) is 4.87. The van der Waals surface area contributed by atoms with E-state index in [0.29, 0.717) is 5.41 Å². The number of hydrogen-bond acceptors (Lipinski definition) is 0. The van der Waals surface area contributed by atoms with E-state index < -0.39 is 0 Å². The van der Waals surface area contributed by atoms with Crippen LogP contribution in [-0.2, 0) is 0 Å². The molecule has 0 aromatic rings. The van der Waals surface area contributed by atoms with Crippen molar-refractivity contribution in [2.75, 3.05) is 0 Å². The molecule has 0 aliphatic heterocycles. The van der Waals surface area contributed by atoms with Crippen molar-refractivity contribution in [1.29, 1.82) is 0 Å². The van der Waals surface area contributed by atoms with E-state index in [4.69, 9.17) is 0 Å². The average molecular weight is 138 g/mol. The third kappa shape index (κ3) is 0.741. The molecule has 0 saturated heterocycles. The minimum absolute atomic E-state index is 0.700. The Balaban J connectivity index is 2.09. The summed E-state index contributed by atoms with van der Waals surface area (Å²) in [5, 5.41) is 0. The van der Waals surface area contributed by atoms with Crippen LogP contribution in [0.1, 0.15) is 40.0 Å². The van der Waals surface area contributed by atoms with E-state index in [1.165, 1.54) is 12.8 Å². The summed E-state index contributed by atoms with van der Waals surface area (Å²) in [6, 6.07) is 0. The molecule has 0 radical (unpaired) electrons. The Hall–Kier alpha value is 0. The van der Waals surface area contributed by atoms with Gasteiger partial charge in [-0.1, -0.05) is 27.2 Å². The number of rotatable bonds is 1. The number of fused-ring (bicyclic) bond motifs is 1. The zero-order chi connectivity index (χ0) is 7.35. The van der Waals surface area contributed by atoms with Crippen LogP contribution in [-0.4, -0.2) is 0 Å². The highest BCUT2D eigenvalue weighted by Crippen LogP contribution is 2.65. The maximum absolute atomic E-state index is 2.45. The maximum Gasteiger partial charge on any atom is -0.0320 e. The molecule has 0 heteroatoms. The average Bonchev–Trinajstić information content (AvgIpc) is 2.57. The van der Waals surface area contributed by atoms with Crippen LogP contribution in [0.2, 0.25) is 0 Å².